The van der Waals surface area contributed by atoms with Crippen LogP contribution in [0.25, 0.3) is 10.9 Å². The van der Waals surface area contributed by atoms with Gasteiger partial charge in [-0.25, -0.2) is 9.97 Å². The van der Waals surface area contributed by atoms with E-state index in [9.17, 15) is 4.79 Å². The second-order valence-corrected chi connectivity index (χ2v) is 6.77. The number of hydrogen-bond donors (Lipinski definition) is 2. The van der Waals surface area contributed by atoms with Gasteiger partial charge in [0, 0.05) is 43.6 Å². The van der Waals surface area contributed by atoms with Gasteiger partial charge >= 0.3 is 0 Å². The molecule has 26 heavy (non-hydrogen) atoms. The van der Waals surface area contributed by atoms with Crippen molar-refractivity contribution in [2.75, 3.05) is 43.4 Å². The van der Waals surface area contributed by atoms with Crippen LogP contribution in [0.3, 0.4) is 0 Å². The SMILES string of the molecule is CN1CCN(c2ccc(Nc3nc(Cl)cc4nc[nH]c(=O)c34)cc2)CC1. The molecule has 0 aliphatic carbocycles. The van der Waals surface area contributed by atoms with Gasteiger partial charge < -0.3 is 20.1 Å². The first-order valence-corrected chi connectivity index (χ1v) is 8.82. The normalized spacial score (nSPS) is 15.4. The Labute approximate surface area is 155 Å². The zero-order valence-electron chi connectivity index (χ0n) is 14.4. The monoisotopic (exact) mass is 370 g/mol. The average Bonchev–Trinajstić information content (AvgIpc) is 2.63. The van der Waals surface area contributed by atoms with Gasteiger partial charge in [0.1, 0.15) is 16.4 Å². The number of nitrogens with zero attached hydrogens (tertiary/aromatic N) is 4. The summed E-state index contributed by atoms with van der Waals surface area (Å²) in [6.07, 6.45) is 1.36. The maximum atomic E-state index is 12.2. The van der Waals surface area contributed by atoms with Crippen molar-refractivity contribution in [2.45, 2.75) is 0 Å². The van der Waals surface area contributed by atoms with E-state index in [-0.39, 0.29) is 10.7 Å². The molecule has 0 radical (unpaired) electrons. The molecule has 134 valence electrons. The summed E-state index contributed by atoms with van der Waals surface area (Å²) < 4.78 is 0. The summed E-state index contributed by atoms with van der Waals surface area (Å²) in [6.45, 7) is 4.16. The van der Waals surface area contributed by atoms with Crippen LogP contribution in [0.15, 0.2) is 41.5 Å². The number of piperazine rings is 1. The number of benzene rings is 1. The van der Waals surface area contributed by atoms with Gasteiger partial charge in [-0.15, -0.1) is 0 Å². The molecule has 7 nitrogen and oxygen atoms in total. The summed E-state index contributed by atoms with van der Waals surface area (Å²) >= 11 is 6.07. The summed E-state index contributed by atoms with van der Waals surface area (Å²) in [5.41, 5.74) is 2.27. The second-order valence-electron chi connectivity index (χ2n) is 6.38. The molecule has 1 aliphatic heterocycles. The number of aromatic amines is 1. The number of H-pyrrole nitrogens is 1. The molecule has 1 aromatic carbocycles. The molecule has 2 N–H and O–H groups in total. The van der Waals surface area contributed by atoms with Crippen molar-refractivity contribution in [2.24, 2.45) is 0 Å². The highest BCUT2D eigenvalue weighted by Gasteiger charge is 2.14. The molecule has 0 spiro atoms. The van der Waals surface area contributed by atoms with Crippen LogP contribution in [-0.2, 0) is 0 Å². The van der Waals surface area contributed by atoms with Crippen molar-refractivity contribution in [1.29, 1.82) is 0 Å². The van der Waals surface area contributed by atoms with Crippen LogP contribution >= 0.6 is 11.6 Å². The van der Waals surface area contributed by atoms with Crippen molar-refractivity contribution < 1.29 is 0 Å². The van der Waals surface area contributed by atoms with E-state index in [1.54, 1.807) is 6.07 Å². The first-order valence-electron chi connectivity index (χ1n) is 8.45. The largest absolute Gasteiger partial charge is 0.369 e. The third kappa shape index (κ3) is 3.36. The molecule has 8 heteroatoms. The summed E-state index contributed by atoms with van der Waals surface area (Å²) in [4.78, 5) is 27.8. The Bertz CT molecular complexity index is 979. The molecule has 1 fully saturated rings. The fraction of sp³-hybridized carbons (Fsp3) is 0.278. The molecule has 2 aromatic heterocycles. The predicted molar refractivity (Wildman–Crippen MR) is 105 cm³/mol. The first kappa shape index (κ1) is 16.8. The zero-order valence-corrected chi connectivity index (χ0v) is 15.1. The second kappa shape index (κ2) is 6.93. The van der Waals surface area contributed by atoms with Gasteiger partial charge in [0.05, 0.1) is 11.8 Å². The zero-order chi connectivity index (χ0) is 18.1. The Morgan fingerprint density at radius 2 is 1.88 bits per heavy atom. The lowest BCUT2D eigenvalue weighted by molar-refractivity contribution is 0.313. The Kier molecular flexibility index (Phi) is 4.48. The molecule has 0 amide bonds. The maximum Gasteiger partial charge on any atom is 0.262 e. The number of hydrogen-bond acceptors (Lipinski definition) is 6. The standard InChI is InChI=1S/C18H19ClN6O/c1-24-6-8-25(9-7-24)13-4-2-12(3-5-13)22-17-16-14(10-15(19)23-17)20-11-21-18(16)26/h2-5,10-11H,6-9H2,1H3,(H,22,23)(H,20,21,26). The molecule has 4 rings (SSSR count). The van der Waals surface area contributed by atoms with E-state index in [0.29, 0.717) is 16.7 Å². The van der Waals surface area contributed by atoms with E-state index in [4.69, 9.17) is 11.6 Å². The van der Waals surface area contributed by atoms with Gasteiger partial charge in [-0.3, -0.25) is 4.79 Å². The quantitative estimate of drug-likeness (QED) is 0.690. The lowest BCUT2D eigenvalue weighted by Gasteiger charge is -2.34. The summed E-state index contributed by atoms with van der Waals surface area (Å²) in [6, 6.07) is 9.68. The highest BCUT2D eigenvalue weighted by atomic mass is 35.5. The molecule has 1 saturated heterocycles. The molecule has 0 unspecified atom stereocenters. The number of likely N-dealkylation sites (N-methyl/N-ethyl adjacent to an activating group) is 1. The fourth-order valence-corrected chi connectivity index (χ4v) is 3.29. The van der Waals surface area contributed by atoms with E-state index in [1.807, 2.05) is 12.1 Å². The number of nitrogens with one attached hydrogen (secondary N) is 2. The predicted octanol–water partition coefficient (Wildman–Crippen LogP) is 2.47. The van der Waals surface area contributed by atoms with Crippen molar-refractivity contribution in [3.63, 3.8) is 0 Å². The van der Waals surface area contributed by atoms with Gasteiger partial charge in [-0.1, -0.05) is 11.6 Å². The minimum Gasteiger partial charge on any atom is -0.369 e. The van der Waals surface area contributed by atoms with E-state index >= 15 is 0 Å². The van der Waals surface area contributed by atoms with Gasteiger partial charge in [0.25, 0.3) is 5.56 Å². The van der Waals surface area contributed by atoms with Crippen LogP contribution in [0.5, 0.6) is 0 Å². The summed E-state index contributed by atoms with van der Waals surface area (Å²) in [5, 5.41) is 3.86. The molecule has 0 saturated carbocycles. The van der Waals surface area contributed by atoms with E-state index in [2.05, 4.69) is 49.2 Å². The molecule has 0 atom stereocenters. The van der Waals surface area contributed by atoms with Gasteiger partial charge in [0.2, 0.25) is 0 Å². The maximum absolute atomic E-state index is 12.2. The van der Waals surface area contributed by atoms with Crippen molar-refractivity contribution in [1.82, 2.24) is 19.9 Å². The Balaban J connectivity index is 1.60. The van der Waals surface area contributed by atoms with Gasteiger partial charge in [-0.2, -0.15) is 0 Å². The lowest BCUT2D eigenvalue weighted by atomic mass is 10.2. The van der Waals surface area contributed by atoms with E-state index in [1.165, 1.54) is 12.0 Å². The highest BCUT2D eigenvalue weighted by Crippen LogP contribution is 2.25. The molecule has 3 heterocycles. The van der Waals surface area contributed by atoms with E-state index in [0.717, 1.165) is 31.9 Å². The molecular weight excluding hydrogens is 352 g/mol. The Morgan fingerprint density at radius 1 is 1.15 bits per heavy atom. The molecule has 0 bridgehead atoms. The number of anilines is 3. The number of aromatic nitrogens is 3. The molecular formula is C18H19ClN6O. The summed E-state index contributed by atoms with van der Waals surface area (Å²) in [5.74, 6) is 0.397. The Morgan fingerprint density at radius 3 is 2.62 bits per heavy atom. The van der Waals surface area contributed by atoms with Crippen LogP contribution in [0.4, 0.5) is 17.2 Å². The smallest absolute Gasteiger partial charge is 0.262 e. The van der Waals surface area contributed by atoms with Gasteiger partial charge in [-0.05, 0) is 31.3 Å². The summed E-state index contributed by atoms with van der Waals surface area (Å²) in [7, 11) is 2.14. The fourth-order valence-electron chi connectivity index (χ4n) is 3.11. The van der Waals surface area contributed by atoms with Crippen LogP contribution in [-0.4, -0.2) is 53.1 Å². The Hall–Kier alpha value is -2.64. The molecule has 1 aliphatic rings. The van der Waals surface area contributed by atoms with E-state index < -0.39 is 0 Å². The van der Waals surface area contributed by atoms with Crippen LogP contribution in [0.2, 0.25) is 5.15 Å². The number of pyridine rings is 1. The van der Waals surface area contributed by atoms with Crippen LogP contribution < -0.4 is 15.8 Å². The first-order chi connectivity index (χ1) is 12.6. The average molecular weight is 371 g/mol. The highest BCUT2D eigenvalue weighted by molar-refractivity contribution is 6.30. The minimum absolute atomic E-state index is 0.254. The molecule has 3 aromatic rings. The lowest BCUT2D eigenvalue weighted by Crippen LogP contribution is -2.44. The minimum atomic E-state index is -0.254. The van der Waals surface area contributed by atoms with Crippen LogP contribution in [0, 0.1) is 0 Å². The van der Waals surface area contributed by atoms with Crippen molar-refractivity contribution in [3.05, 3.63) is 52.2 Å². The van der Waals surface area contributed by atoms with Gasteiger partial charge in [0.15, 0.2) is 0 Å². The third-order valence-electron chi connectivity index (χ3n) is 4.59. The number of halogens is 1. The van der Waals surface area contributed by atoms with Crippen LogP contribution in [0.1, 0.15) is 0 Å². The van der Waals surface area contributed by atoms with Crippen molar-refractivity contribution >= 4 is 39.7 Å². The topological polar surface area (TPSA) is 77.2 Å². The number of rotatable bonds is 3. The van der Waals surface area contributed by atoms with Crippen molar-refractivity contribution in [3.8, 4) is 0 Å². The number of fused-ring (bicyclic) bond motifs is 1. The third-order valence-corrected chi connectivity index (χ3v) is 4.79.